The Labute approximate surface area is 155 Å². The molecule has 1 heterocycles. The Kier molecular flexibility index (Phi) is 5.16. The number of carbonyl (C=O) groups excluding carboxylic acids is 2. The van der Waals surface area contributed by atoms with Crippen LogP contribution < -0.4 is 10.6 Å². The number of halogens is 1. The van der Waals surface area contributed by atoms with Gasteiger partial charge in [0.05, 0.1) is 6.04 Å². The van der Waals surface area contributed by atoms with Crippen LogP contribution in [-0.4, -0.2) is 18.1 Å². The number of thioether (sulfide) groups is 1. The number of Topliss-reactive ketones (excluding diaryl/α,β-unsaturated/α-hetero) is 1. The number of rotatable bonds is 4. The van der Waals surface area contributed by atoms with Crippen molar-refractivity contribution in [2.45, 2.75) is 17.9 Å². The molecule has 2 amide bonds. The van der Waals surface area contributed by atoms with Gasteiger partial charge in [-0.15, -0.1) is 11.8 Å². The van der Waals surface area contributed by atoms with Gasteiger partial charge in [-0.1, -0.05) is 23.7 Å². The summed E-state index contributed by atoms with van der Waals surface area (Å²) >= 11 is 7.55. The molecule has 128 valence electrons. The number of ketones is 1. The van der Waals surface area contributed by atoms with E-state index in [2.05, 4.69) is 10.6 Å². The summed E-state index contributed by atoms with van der Waals surface area (Å²) in [5.41, 5.74) is 2.48. The summed E-state index contributed by atoms with van der Waals surface area (Å²) in [5.74, 6) is -0.138. The van der Waals surface area contributed by atoms with Gasteiger partial charge in [0.25, 0.3) is 0 Å². The smallest absolute Gasteiger partial charge is 0.319 e. The van der Waals surface area contributed by atoms with Gasteiger partial charge in [-0.2, -0.15) is 0 Å². The topological polar surface area (TPSA) is 58.2 Å². The molecule has 1 aliphatic rings. The van der Waals surface area contributed by atoms with E-state index in [1.54, 1.807) is 43.0 Å². The summed E-state index contributed by atoms with van der Waals surface area (Å²) in [7, 11) is 0. The second-order valence-corrected chi connectivity index (χ2v) is 7.00. The molecule has 0 radical (unpaired) electrons. The first-order chi connectivity index (χ1) is 12.0. The maximum atomic E-state index is 13.0. The summed E-state index contributed by atoms with van der Waals surface area (Å²) < 4.78 is 0. The minimum absolute atomic E-state index is 0.138. The number of nitrogens with one attached hydrogen (secondary N) is 2. The minimum Gasteiger partial charge on any atom is -0.327 e. The third-order valence-corrected chi connectivity index (χ3v) is 5.06. The van der Waals surface area contributed by atoms with Gasteiger partial charge in [0.15, 0.2) is 5.78 Å². The summed E-state index contributed by atoms with van der Waals surface area (Å²) in [6, 6.07) is 13.8. The van der Waals surface area contributed by atoms with E-state index in [1.807, 2.05) is 30.5 Å². The van der Waals surface area contributed by atoms with Gasteiger partial charge in [-0.3, -0.25) is 4.79 Å². The molecule has 2 aromatic carbocycles. The Morgan fingerprint density at radius 3 is 2.32 bits per heavy atom. The third kappa shape index (κ3) is 3.72. The molecule has 25 heavy (non-hydrogen) atoms. The Bertz CT molecular complexity index is 845. The normalized spacial score (nSPS) is 17.1. The number of hydrogen-bond acceptors (Lipinski definition) is 3. The average molecular weight is 373 g/mol. The van der Waals surface area contributed by atoms with Gasteiger partial charge < -0.3 is 10.6 Å². The monoisotopic (exact) mass is 372 g/mol. The largest absolute Gasteiger partial charge is 0.327 e. The van der Waals surface area contributed by atoms with Crippen LogP contribution in [0.15, 0.2) is 64.7 Å². The highest BCUT2D eigenvalue weighted by molar-refractivity contribution is 7.98. The third-order valence-electron chi connectivity index (χ3n) is 4.07. The molecule has 0 aliphatic carbocycles. The second kappa shape index (κ2) is 7.33. The minimum atomic E-state index is -0.493. The molecule has 2 N–H and O–H groups in total. The molecule has 0 spiro atoms. The van der Waals surface area contributed by atoms with E-state index in [9.17, 15) is 9.59 Å². The van der Waals surface area contributed by atoms with Crippen molar-refractivity contribution in [1.82, 2.24) is 10.6 Å². The molecule has 6 heteroatoms. The quantitative estimate of drug-likeness (QED) is 0.610. The first-order valence-corrected chi connectivity index (χ1v) is 9.32. The molecule has 0 saturated carbocycles. The maximum Gasteiger partial charge on any atom is 0.319 e. The lowest BCUT2D eigenvalue weighted by molar-refractivity contribution is 0.102. The SMILES string of the molecule is CSc1ccc([C@H]2NC(=O)NC(C)=C2C(=O)c2ccc(Cl)cc2)cc1. The van der Waals surface area contributed by atoms with Crippen molar-refractivity contribution in [3.05, 3.63) is 76.0 Å². The lowest BCUT2D eigenvalue weighted by Gasteiger charge is -2.28. The first kappa shape index (κ1) is 17.6. The van der Waals surface area contributed by atoms with Crippen molar-refractivity contribution < 1.29 is 9.59 Å². The van der Waals surface area contributed by atoms with Crippen LogP contribution in [0.3, 0.4) is 0 Å². The Morgan fingerprint density at radius 1 is 1.08 bits per heavy atom. The number of hydrogen-bond donors (Lipinski definition) is 2. The summed E-state index contributed by atoms with van der Waals surface area (Å²) in [5, 5.41) is 6.11. The molecular weight excluding hydrogens is 356 g/mol. The average Bonchev–Trinajstić information content (AvgIpc) is 2.61. The summed E-state index contributed by atoms with van der Waals surface area (Å²) in [4.78, 5) is 26.1. The van der Waals surface area contributed by atoms with Gasteiger partial charge >= 0.3 is 6.03 Å². The molecule has 0 fully saturated rings. The summed E-state index contributed by atoms with van der Waals surface area (Å²) in [6.07, 6.45) is 2.00. The predicted octanol–water partition coefficient (Wildman–Crippen LogP) is 4.57. The predicted molar refractivity (Wildman–Crippen MR) is 101 cm³/mol. The van der Waals surface area contributed by atoms with Gasteiger partial charge in [-0.25, -0.2) is 4.79 Å². The van der Waals surface area contributed by atoms with Crippen molar-refractivity contribution in [2.24, 2.45) is 0 Å². The van der Waals surface area contributed by atoms with E-state index < -0.39 is 6.04 Å². The zero-order chi connectivity index (χ0) is 18.0. The number of benzene rings is 2. The molecule has 1 atom stereocenters. The van der Waals surface area contributed by atoms with Gasteiger partial charge in [0.1, 0.15) is 0 Å². The van der Waals surface area contributed by atoms with Crippen LogP contribution in [0.1, 0.15) is 28.9 Å². The van der Waals surface area contributed by atoms with Crippen LogP contribution >= 0.6 is 23.4 Å². The second-order valence-electron chi connectivity index (χ2n) is 5.68. The van der Waals surface area contributed by atoms with Crippen LogP contribution in [0.25, 0.3) is 0 Å². The molecular formula is C19H17ClN2O2S. The Morgan fingerprint density at radius 2 is 1.72 bits per heavy atom. The van der Waals surface area contributed by atoms with E-state index in [1.165, 1.54) is 0 Å². The van der Waals surface area contributed by atoms with Crippen molar-refractivity contribution in [3.63, 3.8) is 0 Å². The fraction of sp³-hybridized carbons (Fsp3) is 0.158. The van der Waals surface area contributed by atoms with Crippen molar-refractivity contribution in [2.75, 3.05) is 6.26 Å². The van der Waals surface area contributed by atoms with Crippen LogP contribution in [0.2, 0.25) is 5.02 Å². The molecule has 0 unspecified atom stereocenters. The molecule has 3 rings (SSSR count). The highest BCUT2D eigenvalue weighted by Gasteiger charge is 2.31. The van der Waals surface area contributed by atoms with E-state index >= 15 is 0 Å². The van der Waals surface area contributed by atoms with Crippen molar-refractivity contribution in [1.29, 1.82) is 0 Å². The summed E-state index contributed by atoms with van der Waals surface area (Å²) in [6.45, 7) is 1.74. The maximum absolute atomic E-state index is 13.0. The lowest BCUT2D eigenvalue weighted by atomic mass is 9.90. The van der Waals surface area contributed by atoms with Crippen molar-refractivity contribution >= 4 is 35.2 Å². The Hall–Kier alpha value is -2.24. The van der Waals surface area contributed by atoms with Gasteiger partial charge in [0.2, 0.25) is 0 Å². The van der Waals surface area contributed by atoms with Gasteiger partial charge in [0, 0.05) is 26.8 Å². The molecule has 4 nitrogen and oxygen atoms in total. The van der Waals surface area contributed by atoms with E-state index in [-0.39, 0.29) is 11.8 Å². The van der Waals surface area contributed by atoms with Crippen molar-refractivity contribution in [3.8, 4) is 0 Å². The molecule has 2 aromatic rings. The fourth-order valence-electron chi connectivity index (χ4n) is 2.80. The highest BCUT2D eigenvalue weighted by Crippen LogP contribution is 2.30. The van der Waals surface area contributed by atoms with E-state index in [0.29, 0.717) is 21.9 Å². The van der Waals surface area contributed by atoms with Gasteiger partial charge in [-0.05, 0) is 55.1 Å². The van der Waals surface area contributed by atoms with Crippen LogP contribution in [0.4, 0.5) is 4.79 Å². The fourth-order valence-corrected chi connectivity index (χ4v) is 3.33. The number of amides is 2. The Balaban J connectivity index is 2.02. The first-order valence-electron chi connectivity index (χ1n) is 7.72. The number of urea groups is 1. The zero-order valence-electron chi connectivity index (χ0n) is 13.8. The molecule has 0 saturated heterocycles. The lowest BCUT2D eigenvalue weighted by Crippen LogP contribution is -2.45. The standard InChI is InChI=1S/C19H17ClN2O2S/c1-11-16(18(23)13-3-7-14(20)8-4-13)17(22-19(24)21-11)12-5-9-15(25-2)10-6-12/h3-10,17H,1-2H3,(H2,21,22,24)/t17-/m1/s1. The highest BCUT2D eigenvalue weighted by atomic mass is 35.5. The molecule has 0 bridgehead atoms. The van der Waals surface area contributed by atoms with Crippen LogP contribution in [-0.2, 0) is 0 Å². The number of carbonyl (C=O) groups is 2. The van der Waals surface area contributed by atoms with Crippen LogP contribution in [0.5, 0.6) is 0 Å². The van der Waals surface area contributed by atoms with Crippen LogP contribution in [0, 0.1) is 0 Å². The molecule has 1 aliphatic heterocycles. The zero-order valence-corrected chi connectivity index (χ0v) is 15.4. The molecule has 0 aromatic heterocycles. The van der Waals surface area contributed by atoms with E-state index in [0.717, 1.165) is 10.5 Å². The van der Waals surface area contributed by atoms with E-state index in [4.69, 9.17) is 11.6 Å². The number of allylic oxidation sites excluding steroid dienone is 1.